The Hall–Kier alpha value is -3.23. The van der Waals surface area contributed by atoms with E-state index >= 15 is 0 Å². The molecule has 10 heteroatoms. The average molecular weight is 431 g/mol. The van der Waals surface area contributed by atoms with Crippen molar-refractivity contribution in [2.75, 3.05) is 5.32 Å². The van der Waals surface area contributed by atoms with Crippen LogP contribution in [0.25, 0.3) is 5.69 Å². The maximum atomic E-state index is 13.4. The van der Waals surface area contributed by atoms with E-state index in [1.54, 1.807) is 35.0 Å². The highest BCUT2D eigenvalue weighted by atomic mass is 35.5. The lowest BCUT2D eigenvalue weighted by molar-refractivity contribution is 0.449. The van der Waals surface area contributed by atoms with Gasteiger partial charge in [0.1, 0.15) is 12.1 Å². The first-order chi connectivity index (χ1) is 14.1. The Morgan fingerprint density at radius 2 is 2.03 bits per heavy atom. The van der Waals surface area contributed by atoms with Gasteiger partial charge in [0.05, 0.1) is 28.1 Å². The van der Waals surface area contributed by atoms with E-state index in [1.807, 2.05) is 6.07 Å². The molecule has 3 heterocycles. The predicted molar refractivity (Wildman–Crippen MR) is 107 cm³/mol. The quantitative estimate of drug-likeness (QED) is 0.468. The average Bonchev–Trinajstić information content (AvgIpc) is 3.18. The van der Waals surface area contributed by atoms with E-state index in [9.17, 15) is 4.39 Å². The Kier molecular flexibility index (Phi) is 5.55. The molecule has 0 aliphatic heterocycles. The van der Waals surface area contributed by atoms with E-state index < -0.39 is 5.82 Å². The summed E-state index contributed by atoms with van der Waals surface area (Å²) in [7, 11) is 0. The number of rotatable bonds is 6. The molecule has 0 saturated heterocycles. The second kappa shape index (κ2) is 8.42. The summed E-state index contributed by atoms with van der Waals surface area (Å²) in [6.07, 6.45) is 5.62. The van der Waals surface area contributed by atoms with Crippen LogP contribution < -0.4 is 10.1 Å². The van der Waals surface area contributed by atoms with Crippen LogP contribution in [0.15, 0.2) is 61.3 Å². The van der Waals surface area contributed by atoms with E-state index in [2.05, 4.69) is 25.5 Å². The molecule has 0 radical (unpaired) electrons. The minimum absolute atomic E-state index is 0.249. The zero-order valence-electron chi connectivity index (χ0n) is 14.8. The molecule has 3 aromatic heterocycles. The van der Waals surface area contributed by atoms with Crippen molar-refractivity contribution in [2.45, 2.75) is 6.54 Å². The number of nitrogens with zero attached hydrogens (tertiary/aromatic N) is 5. The van der Waals surface area contributed by atoms with Gasteiger partial charge < -0.3 is 10.1 Å². The molecule has 0 saturated carbocycles. The maximum absolute atomic E-state index is 13.4. The van der Waals surface area contributed by atoms with Gasteiger partial charge in [-0.15, -0.1) is 10.2 Å². The Bertz CT molecular complexity index is 1150. The van der Waals surface area contributed by atoms with E-state index in [-0.39, 0.29) is 5.75 Å². The molecule has 7 nitrogen and oxygen atoms in total. The van der Waals surface area contributed by atoms with E-state index in [1.165, 1.54) is 18.6 Å². The summed E-state index contributed by atoms with van der Waals surface area (Å²) >= 11 is 12.4. The number of aromatic nitrogens is 5. The van der Waals surface area contributed by atoms with Crippen LogP contribution in [-0.4, -0.2) is 24.7 Å². The lowest BCUT2D eigenvalue weighted by atomic mass is 10.2. The third-order valence-electron chi connectivity index (χ3n) is 3.92. The van der Waals surface area contributed by atoms with Crippen LogP contribution >= 0.6 is 23.2 Å². The fraction of sp³-hybridized carbons (Fsp3) is 0.0526. The monoisotopic (exact) mass is 430 g/mol. The molecular weight excluding hydrogens is 418 g/mol. The summed E-state index contributed by atoms with van der Waals surface area (Å²) in [5.41, 5.74) is 1.36. The van der Waals surface area contributed by atoms with Gasteiger partial charge in [-0.1, -0.05) is 35.3 Å². The van der Waals surface area contributed by atoms with Crippen molar-refractivity contribution in [1.29, 1.82) is 0 Å². The van der Waals surface area contributed by atoms with E-state index in [4.69, 9.17) is 27.9 Å². The Labute approximate surface area is 175 Å². The van der Waals surface area contributed by atoms with Crippen molar-refractivity contribution >= 4 is 29.2 Å². The number of benzene rings is 1. The second-order valence-electron chi connectivity index (χ2n) is 5.86. The molecule has 1 aromatic carbocycles. The first-order valence-corrected chi connectivity index (χ1v) is 9.18. The predicted octanol–water partition coefficient (Wildman–Crippen LogP) is 4.91. The molecule has 0 atom stereocenters. The normalized spacial score (nSPS) is 10.7. The van der Waals surface area contributed by atoms with Gasteiger partial charge >= 0.3 is 0 Å². The highest BCUT2D eigenvalue weighted by Gasteiger charge is 2.13. The number of nitrogens with one attached hydrogen (secondary N) is 1. The van der Waals surface area contributed by atoms with Gasteiger partial charge in [-0.2, -0.15) is 0 Å². The number of hydrogen-bond donors (Lipinski definition) is 1. The van der Waals surface area contributed by atoms with Gasteiger partial charge in [-0.25, -0.2) is 9.37 Å². The Morgan fingerprint density at radius 3 is 2.90 bits per heavy atom. The van der Waals surface area contributed by atoms with Crippen LogP contribution in [-0.2, 0) is 6.54 Å². The minimum Gasteiger partial charge on any atom is -0.437 e. The lowest BCUT2D eigenvalue weighted by Crippen LogP contribution is -2.08. The number of halogens is 3. The van der Waals surface area contributed by atoms with Crippen molar-refractivity contribution in [3.8, 4) is 17.3 Å². The third-order valence-corrected chi connectivity index (χ3v) is 4.73. The first kappa shape index (κ1) is 19.1. The molecule has 29 heavy (non-hydrogen) atoms. The smallest absolute Gasteiger partial charge is 0.229 e. The van der Waals surface area contributed by atoms with Crippen LogP contribution in [0.1, 0.15) is 5.56 Å². The second-order valence-corrected chi connectivity index (χ2v) is 6.64. The van der Waals surface area contributed by atoms with Crippen LogP contribution in [0.3, 0.4) is 0 Å². The molecule has 0 aliphatic rings. The van der Waals surface area contributed by atoms with Gasteiger partial charge in [0, 0.05) is 24.4 Å². The topological polar surface area (TPSA) is 77.8 Å². The minimum atomic E-state index is -0.496. The summed E-state index contributed by atoms with van der Waals surface area (Å²) in [6.45, 7) is 0.322. The molecule has 4 aromatic rings. The Balaban J connectivity index is 1.55. The molecule has 0 unspecified atom stereocenters. The molecule has 0 amide bonds. The molecule has 0 bridgehead atoms. The number of pyridine rings is 2. The molecule has 0 fully saturated rings. The zero-order chi connectivity index (χ0) is 20.2. The van der Waals surface area contributed by atoms with Gasteiger partial charge in [0.25, 0.3) is 0 Å². The largest absolute Gasteiger partial charge is 0.437 e. The van der Waals surface area contributed by atoms with Crippen LogP contribution in [0, 0.1) is 5.82 Å². The van der Waals surface area contributed by atoms with E-state index in [0.717, 1.165) is 11.8 Å². The fourth-order valence-electron chi connectivity index (χ4n) is 2.59. The Morgan fingerprint density at radius 1 is 1.14 bits per heavy atom. The SMILES string of the molecule is Fc1cncc(Oc2ncccc2CNc2nncn2-c2cccc(Cl)c2Cl)c1. The van der Waals surface area contributed by atoms with Gasteiger partial charge in [-0.05, 0) is 18.2 Å². The summed E-state index contributed by atoms with van der Waals surface area (Å²) in [5.74, 6) is 0.527. The fourth-order valence-corrected chi connectivity index (χ4v) is 2.98. The molecule has 4 rings (SSSR count). The van der Waals surface area contributed by atoms with Crippen LogP contribution in [0.5, 0.6) is 11.6 Å². The molecule has 146 valence electrons. The highest BCUT2D eigenvalue weighted by Crippen LogP contribution is 2.30. The third kappa shape index (κ3) is 4.28. The zero-order valence-corrected chi connectivity index (χ0v) is 16.3. The number of hydrogen-bond acceptors (Lipinski definition) is 6. The molecule has 0 spiro atoms. The molecule has 0 aliphatic carbocycles. The maximum Gasteiger partial charge on any atom is 0.229 e. The summed E-state index contributed by atoms with van der Waals surface area (Å²) in [5, 5.41) is 12.0. The van der Waals surface area contributed by atoms with Gasteiger partial charge in [0.2, 0.25) is 11.8 Å². The molecular formula is C19H13Cl2FN6O. The summed E-state index contributed by atoms with van der Waals surface area (Å²) < 4.78 is 20.7. The van der Waals surface area contributed by atoms with Crippen molar-refractivity contribution in [3.05, 3.63) is 82.7 Å². The van der Waals surface area contributed by atoms with Crippen molar-refractivity contribution < 1.29 is 9.13 Å². The van der Waals surface area contributed by atoms with Crippen molar-refractivity contribution in [2.24, 2.45) is 0 Å². The first-order valence-electron chi connectivity index (χ1n) is 8.42. The number of anilines is 1. The van der Waals surface area contributed by atoms with E-state index in [0.29, 0.717) is 34.1 Å². The van der Waals surface area contributed by atoms with Gasteiger partial charge in [-0.3, -0.25) is 9.55 Å². The van der Waals surface area contributed by atoms with Gasteiger partial charge in [0.15, 0.2) is 5.75 Å². The summed E-state index contributed by atoms with van der Waals surface area (Å²) in [4.78, 5) is 7.98. The van der Waals surface area contributed by atoms with Crippen LogP contribution in [0.2, 0.25) is 10.0 Å². The summed E-state index contributed by atoms with van der Waals surface area (Å²) in [6, 6.07) is 10.1. The standard InChI is InChI=1S/C19H13Cl2FN6O/c20-15-4-1-5-16(17(15)21)28-11-26-27-19(28)25-8-12-3-2-6-24-18(12)29-14-7-13(22)9-23-10-14/h1-7,9-11H,8H2,(H,25,27). The number of ether oxygens (including phenoxy) is 1. The lowest BCUT2D eigenvalue weighted by Gasteiger charge is -2.13. The van der Waals surface area contributed by atoms with Crippen molar-refractivity contribution in [3.63, 3.8) is 0 Å². The molecule has 1 N–H and O–H groups in total. The van der Waals surface area contributed by atoms with Crippen molar-refractivity contribution in [1.82, 2.24) is 24.7 Å². The van der Waals surface area contributed by atoms with Crippen LogP contribution in [0.4, 0.5) is 10.3 Å². The highest BCUT2D eigenvalue weighted by molar-refractivity contribution is 6.43.